The van der Waals surface area contributed by atoms with Gasteiger partial charge in [-0.2, -0.15) is 0 Å². The van der Waals surface area contributed by atoms with Crippen LogP contribution in [0, 0.1) is 0 Å². The Kier molecular flexibility index (Phi) is 8.80. The Balaban J connectivity index is 1.54. The van der Waals surface area contributed by atoms with Gasteiger partial charge in [-0.1, -0.05) is 189 Å². The van der Waals surface area contributed by atoms with Crippen LogP contribution < -0.4 is 11.3 Å². The predicted octanol–water partition coefficient (Wildman–Crippen LogP) is 12.4. The van der Waals surface area contributed by atoms with Crippen LogP contribution in [0.1, 0.15) is 99.9 Å². The minimum Gasteiger partial charge on any atom is -0.422 e. The standard InChI is InChI=1S/C52H48O4/c1-49(2,33-21-13-9-14-22-33)37-29-39-43-44(48(54)55-45(39)41(31-37)51(5,6)35-25-17-11-18-26-35)40-30-38(50(3,4)34-23-15-10-16-24-34)32-42(46(40)56-47(43)53)52(7,8)36-27-19-12-20-28-36/h9-32H,1-8H3. The van der Waals surface area contributed by atoms with Gasteiger partial charge in [0.05, 0.1) is 10.8 Å². The molecule has 4 heteroatoms. The molecule has 0 radical (unpaired) electrons. The van der Waals surface area contributed by atoms with Crippen molar-refractivity contribution in [2.75, 3.05) is 0 Å². The van der Waals surface area contributed by atoms with Gasteiger partial charge >= 0.3 is 11.3 Å². The van der Waals surface area contributed by atoms with Crippen LogP contribution in [0.15, 0.2) is 164 Å². The maximum Gasteiger partial charge on any atom is 0.345 e. The van der Waals surface area contributed by atoms with Crippen LogP contribution in [-0.4, -0.2) is 0 Å². The van der Waals surface area contributed by atoms with Gasteiger partial charge in [0.2, 0.25) is 0 Å². The first-order valence-electron chi connectivity index (χ1n) is 19.4. The monoisotopic (exact) mass is 736 g/mol. The second-order valence-electron chi connectivity index (χ2n) is 17.3. The third-order valence-electron chi connectivity index (χ3n) is 12.5. The second kappa shape index (κ2) is 13.3. The molecule has 280 valence electrons. The van der Waals surface area contributed by atoms with Gasteiger partial charge in [-0.05, 0) is 45.5 Å². The summed E-state index contributed by atoms with van der Waals surface area (Å²) in [6.07, 6.45) is 0. The zero-order valence-electron chi connectivity index (χ0n) is 33.5. The van der Waals surface area contributed by atoms with Crippen molar-refractivity contribution in [1.82, 2.24) is 0 Å². The molecular weight excluding hydrogens is 689 g/mol. The highest BCUT2D eigenvalue weighted by Gasteiger charge is 2.35. The molecule has 0 atom stereocenters. The minimum atomic E-state index is -0.595. The molecule has 0 saturated carbocycles. The topological polar surface area (TPSA) is 60.4 Å². The van der Waals surface area contributed by atoms with Crippen LogP contribution in [0.2, 0.25) is 0 Å². The van der Waals surface area contributed by atoms with E-state index in [0.29, 0.717) is 21.9 Å². The molecule has 6 aromatic carbocycles. The molecule has 0 unspecified atom stereocenters. The van der Waals surface area contributed by atoms with E-state index < -0.39 is 32.9 Å². The summed E-state index contributed by atoms with van der Waals surface area (Å²) < 4.78 is 13.1. The molecule has 4 nitrogen and oxygen atoms in total. The van der Waals surface area contributed by atoms with Crippen molar-refractivity contribution in [3.63, 3.8) is 0 Å². The average molecular weight is 737 g/mol. The Labute approximate surface area is 328 Å². The molecule has 0 saturated heterocycles. The van der Waals surface area contributed by atoms with Gasteiger partial charge in [-0.25, -0.2) is 9.59 Å². The van der Waals surface area contributed by atoms with Crippen LogP contribution in [-0.2, 0) is 21.7 Å². The summed E-state index contributed by atoms with van der Waals surface area (Å²) in [5.74, 6) is 0. The van der Waals surface area contributed by atoms with Gasteiger partial charge < -0.3 is 8.83 Å². The number of rotatable bonds is 8. The summed E-state index contributed by atoms with van der Waals surface area (Å²) in [7, 11) is 0. The first kappa shape index (κ1) is 36.9. The van der Waals surface area contributed by atoms with Crippen molar-refractivity contribution in [3.05, 3.63) is 211 Å². The molecule has 0 spiro atoms. The Morgan fingerprint density at radius 3 is 0.893 bits per heavy atom. The summed E-state index contributed by atoms with van der Waals surface area (Å²) in [6.45, 7) is 17.3. The lowest BCUT2D eigenvalue weighted by Crippen LogP contribution is -2.25. The molecular formula is C52H48O4. The van der Waals surface area contributed by atoms with Gasteiger partial charge in [0.15, 0.2) is 0 Å². The minimum absolute atomic E-state index is 0.234. The first-order chi connectivity index (χ1) is 26.6. The van der Waals surface area contributed by atoms with Gasteiger partial charge in [0.25, 0.3) is 0 Å². The molecule has 0 fully saturated rings. The lowest BCUT2D eigenvalue weighted by Gasteiger charge is -2.32. The number of fused-ring (bicyclic) bond motifs is 5. The molecule has 0 N–H and O–H groups in total. The van der Waals surface area contributed by atoms with Crippen LogP contribution in [0.4, 0.5) is 0 Å². The average Bonchev–Trinajstić information content (AvgIpc) is 3.21. The number of hydrogen-bond acceptors (Lipinski definition) is 4. The second-order valence-corrected chi connectivity index (χ2v) is 17.3. The quantitative estimate of drug-likeness (QED) is 0.115. The normalized spacial score (nSPS) is 12.8. The maximum absolute atomic E-state index is 14.8. The lowest BCUT2D eigenvalue weighted by molar-refractivity contribution is 0.535. The highest BCUT2D eigenvalue weighted by atomic mass is 16.4. The third-order valence-corrected chi connectivity index (χ3v) is 12.5. The number of hydrogen-bond donors (Lipinski definition) is 0. The van der Waals surface area contributed by atoms with Gasteiger partial charge in [-0.15, -0.1) is 0 Å². The van der Waals surface area contributed by atoms with Crippen molar-refractivity contribution in [2.24, 2.45) is 0 Å². The van der Waals surface area contributed by atoms with E-state index in [4.69, 9.17) is 8.83 Å². The largest absolute Gasteiger partial charge is 0.422 e. The van der Waals surface area contributed by atoms with Crippen molar-refractivity contribution >= 4 is 32.7 Å². The molecule has 8 aromatic rings. The van der Waals surface area contributed by atoms with E-state index >= 15 is 0 Å². The molecule has 0 bridgehead atoms. The van der Waals surface area contributed by atoms with E-state index in [1.165, 1.54) is 0 Å². The first-order valence-corrected chi connectivity index (χ1v) is 19.4. The Morgan fingerprint density at radius 1 is 0.339 bits per heavy atom. The zero-order valence-corrected chi connectivity index (χ0v) is 33.5. The SMILES string of the molecule is CC(C)(c1ccccc1)c1cc(C(C)(C)c2ccccc2)c2oc(=O)c3c4cc(C(C)(C)c5ccccc5)cc(C(C)(C)c5ccccc5)c4oc(=O)c3c2c1. The van der Waals surface area contributed by atoms with Crippen LogP contribution in [0.3, 0.4) is 0 Å². The van der Waals surface area contributed by atoms with Crippen molar-refractivity contribution < 1.29 is 8.83 Å². The van der Waals surface area contributed by atoms with Gasteiger partial charge in [0, 0.05) is 43.6 Å². The molecule has 2 aromatic heterocycles. The fourth-order valence-corrected chi connectivity index (χ4v) is 8.54. The van der Waals surface area contributed by atoms with E-state index in [9.17, 15) is 9.59 Å². The van der Waals surface area contributed by atoms with Gasteiger partial charge in [0.1, 0.15) is 11.2 Å². The zero-order chi connectivity index (χ0) is 39.6. The summed E-state index contributed by atoms with van der Waals surface area (Å²) in [5, 5.41) is 1.59. The van der Waals surface area contributed by atoms with E-state index in [-0.39, 0.29) is 10.8 Å². The van der Waals surface area contributed by atoms with Crippen LogP contribution in [0.5, 0.6) is 0 Å². The fraction of sp³-hybridized carbons (Fsp3) is 0.231. The molecule has 8 rings (SSSR count). The lowest BCUT2D eigenvalue weighted by atomic mass is 9.72. The maximum atomic E-state index is 14.8. The van der Waals surface area contributed by atoms with Crippen LogP contribution in [0.25, 0.3) is 32.7 Å². The molecule has 56 heavy (non-hydrogen) atoms. The molecule has 0 aliphatic carbocycles. The van der Waals surface area contributed by atoms with Crippen molar-refractivity contribution in [1.29, 1.82) is 0 Å². The predicted molar refractivity (Wildman–Crippen MR) is 230 cm³/mol. The highest BCUT2D eigenvalue weighted by molar-refractivity contribution is 6.14. The van der Waals surface area contributed by atoms with Gasteiger partial charge in [-0.3, -0.25) is 0 Å². The Bertz CT molecular complexity index is 2660. The van der Waals surface area contributed by atoms with Crippen LogP contribution >= 0.6 is 0 Å². The fourth-order valence-electron chi connectivity index (χ4n) is 8.54. The summed E-state index contributed by atoms with van der Waals surface area (Å²) in [6, 6.07) is 49.6. The van der Waals surface area contributed by atoms with E-state index in [0.717, 1.165) is 44.5 Å². The molecule has 0 aliphatic rings. The van der Waals surface area contributed by atoms with E-state index in [1.54, 1.807) is 0 Å². The van der Waals surface area contributed by atoms with E-state index in [1.807, 2.05) is 84.9 Å². The van der Waals surface area contributed by atoms with E-state index in [2.05, 4.69) is 116 Å². The summed E-state index contributed by atoms with van der Waals surface area (Å²) >= 11 is 0. The molecule has 0 amide bonds. The molecule has 2 heterocycles. The summed E-state index contributed by atoms with van der Waals surface area (Å²) in [4.78, 5) is 29.6. The third kappa shape index (κ3) is 5.91. The smallest absolute Gasteiger partial charge is 0.345 e. The molecule has 0 aliphatic heterocycles. The van der Waals surface area contributed by atoms with Crippen molar-refractivity contribution in [3.8, 4) is 0 Å². The highest BCUT2D eigenvalue weighted by Crippen LogP contribution is 2.45. The number of benzene rings is 6. The Hall–Kier alpha value is -6.00. The Morgan fingerprint density at radius 2 is 0.607 bits per heavy atom. The summed E-state index contributed by atoms with van der Waals surface area (Å²) in [5.41, 5.74) is 5.55. The van der Waals surface area contributed by atoms with Crippen molar-refractivity contribution in [2.45, 2.75) is 77.0 Å².